The fourth-order valence-corrected chi connectivity index (χ4v) is 2.58. The molecule has 1 aliphatic rings. The van der Waals surface area contributed by atoms with Gasteiger partial charge in [0.05, 0.1) is 11.9 Å². The summed E-state index contributed by atoms with van der Waals surface area (Å²) in [5, 5.41) is 21.9. The lowest BCUT2D eigenvalue weighted by Gasteiger charge is -2.17. The van der Waals surface area contributed by atoms with Crippen LogP contribution >= 0.6 is 0 Å². The van der Waals surface area contributed by atoms with Crippen LogP contribution in [0.1, 0.15) is 36.8 Å². The molecule has 0 saturated carbocycles. The van der Waals surface area contributed by atoms with Crippen molar-refractivity contribution in [2.45, 2.75) is 45.2 Å². The fraction of sp³-hybridized carbons (Fsp3) is 0.467. The van der Waals surface area contributed by atoms with E-state index >= 15 is 0 Å². The van der Waals surface area contributed by atoms with Gasteiger partial charge in [-0.15, -0.1) is 0 Å². The average Bonchev–Trinajstić information content (AvgIpc) is 2.91. The maximum absolute atomic E-state index is 11.0. The summed E-state index contributed by atoms with van der Waals surface area (Å²) in [6, 6.07) is 5.51. The number of aliphatic carboxylic acids is 2. The molecule has 1 saturated heterocycles. The van der Waals surface area contributed by atoms with Crippen molar-refractivity contribution in [2.75, 3.05) is 0 Å². The maximum Gasteiger partial charge on any atom is 0.185 e. The van der Waals surface area contributed by atoms with E-state index in [0.29, 0.717) is 12.0 Å². The number of rotatable bonds is 5. The van der Waals surface area contributed by atoms with E-state index in [1.165, 1.54) is 0 Å². The molecule has 0 spiro atoms. The number of carbonyl (C=O) groups is 2. The minimum atomic E-state index is -1.67. The second kappa shape index (κ2) is 6.24. The van der Waals surface area contributed by atoms with E-state index in [4.69, 9.17) is 9.47 Å². The second-order valence-electron chi connectivity index (χ2n) is 4.78. The van der Waals surface area contributed by atoms with Crippen LogP contribution in [0.5, 0.6) is 0 Å². The van der Waals surface area contributed by atoms with E-state index in [1.807, 2.05) is 19.9 Å². The third-order valence-electron chi connectivity index (χ3n) is 3.58. The Morgan fingerprint density at radius 2 is 1.62 bits per heavy atom. The summed E-state index contributed by atoms with van der Waals surface area (Å²) >= 11 is 0. The van der Waals surface area contributed by atoms with E-state index in [1.54, 1.807) is 12.1 Å². The number of carboxylic acid groups (broad SMARTS) is 2. The number of benzene rings is 1. The summed E-state index contributed by atoms with van der Waals surface area (Å²) in [5.41, 5.74) is 2.71. The molecule has 1 fully saturated rings. The van der Waals surface area contributed by atoms with E-state index in [0.717, 1.165) is 17.5 Å². The monoisotopic (exact) mass is 292 g/mol. The third-order valence-corrected chi connectivity index (χ3v) is 3.58. The van der Waals surface area contributed by atoms with Gasteiger partial charge in [-0.25, -0.2) is 0 Å². The Morgan fingerprint density at radius 3 is 2.05 bits per heavy atom. The largest absolute Gasteiger partial charge is 0.547 e. The predicted octanol–water partition coefficient (Wildman–Crippen LogP) is -0.906. The van der Waals surface area contributed by atoms with Crippen molar-refractivity contribution in [3.8, 4) is 0 Å². The lowest BCUT2D eigenvalue weighted by Crippen LogP contribution is -2.49. The zero-order valence-electron chi connectivity index (χ0n) is 11.8. The lowest BCUT2D eigenvalue weighted by molar-refractivity contribution is -0.327. The Morgan fingerprint density at radius 1 is 1.05 bits per heavy atom. The molecule has 1 aromatic rings. The lowest BCUT2D eigenvalue weighted by atomic mass is 9.97. The second-order valence-corrected chi connectivity index (χ2v) is 4.78. The van der Waals surface area contributed by atoms with Gasteiger partial charge in [0, 0.05) is 5.56 Å². The minimum absolute atomic E-state index is 0.645. The molecule has 6 nitrogen and oxygen atoms in total. The number of carboxylic acids is 2. The molecule has 114 valence electrons. The molecule has 0 aromatic heterocycles. The molecule has 1 heterocycles. The van der Waals surface area contributed by atoms with Gasteiger partial charge >= 0.3 is 0 Å². The van der Waals surface area contributed by atoms with Crippen LogP contribution in [0.2, 0.25) is 0 Å². The van der Waals surface area contributed by atoms with Crippen molar-refractivity contribution in [1.29, 1.82) is 0 Å². The molecule has 6 heteroatoms. The Hall–Kier alpha value is -1.92. The van der Waals surface area contributed by atoms with Crippen LogP contribution in [0.3, 0.4) is 0 Å². The summed E-state index contributed by atoms with van der Waals surface area (Å²) in [4.78, 5) is 21.9. The molecule has 2 atom stereocenters. The van der Waals surface area contributed by atoms with Crippen molar-refractivity contribution < 1.29 is 29.3 Å². The quantitative estimate of drug-likeness (QED) is 0.697. The van der Waals surface area contributed by atoms with Gasteiger partial charge in [-0.1, -0.05) is 32.0 Å². The molecule has 0 amide bonds. The Balaban J connectivity index is 2.36. The van der Waals surface area contributed by atoms with Gasteiger partial charge in [0.2, 0.25) is 0 Å². The highest BCUT2D eigenvalue weighted by molar-refractivity contribution is 5.82. The smallest absolute Gasteiger partial charge is 0.185 e. The van der Waals surface area contributed by atoms with Gasteiger partial charge < -0.3 is 29.3 Å². The first kappa shape index (κ1) is 15.5. The number of hydrogen-bond donors (Lipinski definition) is 0. The van der Waals surface area contributed by atoms with Crippen molar-refractivity contribution in [3.05, 3.63) is 34.9 Å². The molecule has 2 rings (SSSR count). The Kier molecular flexibility index (Phi) is 4.59. The van der Waals surface area contributed by atoms with Gasteiger partial charge in [-0.05, 0) is 24.0 Å². The van der Waals surface area contributed by atoms with Crippen LogP contribution in [0.4, 0.5) is 0 Å². The predicted molar refractivity (Wildman–Crippen MR) is 67.7 cm³/mol. The van der Waals surface area contributed by atoms with Gasteiger partial charge in [-0.3, -0.25) is 0 Å². The first-order valence-electron chi connectivity index (χ1n) is 6.82. The molecule has 0 bridgehead atoms. The first-order valence-corrected chi connectivity index (χ1v) is 6.82. The molecular formula is C15H16O6-2. The summed E-state index contributed by atoms with van der Waals surface area (Å²) < 4.78 is 10.4. The van der Waals surface area contributed by atoms with Crippen LogP contribution in [0, 0.1) is 0 Å². The van der Waals surface area contributed by atoms with E-state index < -0.39 is 30.4 Å². The number of aryl methyl sites for hydroxylation is 1. The van der Waals surface area contributed by atoms with E-state index in [-0.39, 0.29) is 0 Å². The van der Waals surface area contributed by atoms with Crippen molar-refractivity contribution in [2.24, 2.45) is 0 Å². The number of ether oxygens (including phenoxy) is 2. The summed E-state index contributed by atoms with van der Waals surface area (Å²) in [6.45, 7) is 3.96. The zero-order chi connectivity index (χ0) is 15.6. The molecular weight excluding hydrogens is 276 g/mol. The van der Waals surface area contributed by atoms with Crippen LogP contribution < -0.4 is 10.2 Å². The number of hydrogen-bond acceptors (Lipinski definition) is 6. The van der Waals surface area contributed by atoms with Crippen molar-refractivity contribution in [3.63, 3.8) is 0 Å². The SMILES string of the molecule is CCc1cccc(C2OC(C(=O)[O-])C(C(=O)[O-])O2)c1CC. The molecule has 1 aliphatic heterocycles. The normalized spacial score (nSPS) is 25.0. The van der Waals surface area contributed by atoms with Crippen molar-refractivity contribution >= 4 is 11.9 Å². The van der Waals surface area contributed by atoms with Crippen LogP contribution in [0.15, 0.2) is 18.2 Å². The highest BCUT2D eigenvalue weighted by Gasteiger charge is 2.39. The molecule has 2 unspecified atom stereocenters. The molecule has 21 heavy (non-hydrogen) atoms. The first-order chi connectivity index (χ1) is 9.99. The van der Waals surface area contributed by atoms with Gasteiger partial charge in [-0.2, -0.15) is 0 Å². The third kappa shape index (κ3) is 2.91. The average molecular weight is 292 g/mol. The maximum atomic E-state index is 11.0. The topological polar surface area (TPSA) is 98.7 Å². The summed E-state index contributed by atoms with van der Waals surface area (Å²) in [7, 11) is 0. The molecule has 0 aliphatic carbocycles. The minimum Gasteiger partial charge on any atom is -0.547 e. The van der Waals surface area contributed by atoms with Gasteiger partial charge in [0.25, 0.3) is 0 Å². The Labute approximate surface area is 122 Å². The van der Waals surface area contributed by atoms with Crippen LogP contribution in [0.25, 0.3) is 0 Å². The standard InChI is InChI=1S/C15H18O6/c1-3-8-6-5-7-10(9(8)4-2)15-20-11(13(16)17)12(21-15)14(18)19/h5-7,11-12,15H,3-4H2,1-2H3,(H,16,17)(H,18,19)/p-2. The highest BCUT2D eigenvalue weighted by Crippen LogP contribution is 2.34. The molecule has 0 radical (unpaired) electrons. The zero-order valence-corrected chi connectivity index (χ0v) is 11.8. The van der Waals surface area contributed by atoms with Gasteiger partial charge in [0.1, 0.15) is 12.2 Å². The van der Waals surface area contributed by atoms with Crippen LogP contribution in [-0.4, -0.2) is 24.1 Å². The van der Waals surface area contributed by atoms with Gasteiger partial charge in [0.15, 0.2) is 6.29 Å². The van der Waals surface area contributed by atoms with Crippen molar-refractivity contribution in [1.82, 2.24) is 0 Å². The van der Waals surface area contributed by atoms with E-state index in [9.17, 15) is 19.8 Å². The summed E-state index contributed by atoms with van der Waals surface area (Å²) in [6.07, 6.45) is -2.88. The highest BCUT2D eigenvalue weighted by atomic mass is 16.7. The fourth-order valence-electron chi connectivity index (χ4n) is 2.58. The molecule has 1 aromatic carbocycles. The summed E-state index contributed by atoms with van der Waals surface area (Å²) in [5.74, 6) is -3.26. The van der Waals surface area contributed by atoms with Crippen LogP contribution in [-0.2, 0) is 31.9 Å². The number of carbonyl (C=O) groups excluding carboxylic acids is 2. The molecule has 0 N–H and O–H groups in total. The van der Waals surface area contributed by atoms with E-state index in [2.05, 4.69) is 0 Å². The Bertz CT molecular complexity index is 531.